The standard InChI is InChI=1S/C24H28O4/c1-4-7-19-16-20(10-13-22(26)18-8-11-21(25)12-9-18)24(28-15-6-3)17-23(19)27-14-5-2/h4,8-13,16-17,25H,1,5-7,14-15H2,2-3H3. The third-order valence-corrected chi connectivity index (χ3v) is 4.05. The maximum atomic E-state index is 12.4. The van der Waals surface area contributed by atoms with Crippen LogP contribution < -0.4 is 9.47 Å². The number of carbonyl (C=O) groups is 1. The van der Waals surface area contributed by atoms with Crippen LogP contribution in [0.25, 0.3) is 6.08 Å². The summed E-state index contributed by atoms with van der Waals surface area (Å²) in [6.45, 7) is 9.14. The van der Waals surface area contributed by atoms with E-state index in [1.807, 2.05) is 25.1 Å². The van der Waals surface area contributed by atoms with Gasteiger partial charge in [0.05, 0.1) is 13.2 Å². The molecule has 2 rings (SSSR count). The van der Waals surface area contributed by atoms with E-state index >= 15 is 0 Å². The van der Waals surface area contributed by atoms with Crippen LogP contribution in [0.2, 0.25) is 0 Å². The summed E-state index contributed by atoms with van der Waals surface area (Å²) >= 11 is 0. The molecule has 0 saturated heterocycles. The Bertz CT molecular complexity index is 819. The number of carbonyl (C=O) groups excluding carboxylic acids is 1. The molecular weight excluding hydrogens is 352 g/mol. The predicted octanol–water partition coefficient (Wildman–Crippen LogP) is 5.59. The Labute approximate surface area is 167 Å². The molecule has 0 heterocycles. The third-order valence-electron chi connectivity index (χ3n) is 4.05. The zero-order chi connectivity index (χ0) is 20.4. The molecular formula is C24H28O4. The van der Waals surface area contributed by atoms with Crippen molar-refractivity contribution in [3.05, 3.63) is 71.8 Å². The minimum Gasteiger partial charge on any atom is -0.508 e. The van der Waals surface area contributed by atoms with Gasteiger partial charge in [0.1, 0.15) is 17.2 Å². The fraction of sp³-hybridized carbons (Fsp3) is 0.292. The molecule has 4 heteroatoms. The highest BCUT2D eigenvalue weighted by molar-refractivity contribution is 6.07. The van der Waals surface area contributed by atoms with Gasteiger partial charge in [-0.25, -0.2) is 0 Å². The Morgan fingerprint density at radius 2 is 1.68 bits per heavy atom. The largest absolute Gasteiger partial charge is 0.508 e. The summed E-state index contributed by atoms with van der Waals surface area (Å²) < 4.78 is 11.8. The van der Waals surface area contributed by atoms with Crippen molar-refractivity contribution >= 4 is 11.9 Å². The van der Waals surface area contributed by atoms with Gasteiger partial charge in [-0.15, -0.1) is 6.58 Å². The molecule has 0 bridgehead atoms. The lowest BCUT2D eigenvalue weighted by atomic mass is 10.0. The number of benzene rings is 2. The average Bonchev–Trinajstić information content (AvgIpc) is 2.70. The molecule has 1 N–H and O–H groups in total. The van der Waals surface area contributed by atoms with Gasteiger partial charge in [0.25, 0.3) is 0 Å². The molecule has 2 aromatic carbocycles. The molecule has 148 valence electrons. The predicted molar refractivity (Wildman–Crippen MR) is 113 cm³/mol. The van der Waals surface area contributed by atoms with Crippen LogP contribution in [0.3, 0.4) is 0 Å². The lowest BCUT2D eigenvalue weighted by Gasteiger charge is -2.15. The van der Waals surface area contributed by atoms with Gasteiger partial charge in [-0.1, -0.05) is 19.9 Å². The topological polar surface area (TPSA) is 55.8 Å². The first-order chi connectivity index (χ1) is 13.6. The number of hydrogen-bond acceptors (Lipinski definition) is 4. The van der Waals surface area contributed by atoms with Crippen LogP contribution in [-0.4, -0.2) is 24.1 Å². The summed E-state index contributed by atoms with van der Waals surface area (Å²) in [7, 11) is 0. The molecule has 0 aliphatic carbocycles. The fourth-order valence-electron chi connectivity index (χ4n) is 2.64. The van der Waals surface area contributed by atoms with Crippen molar-refractivity contribution in [1.82, 2.24) is 0 Å². The molecule has 2 aromatic rings. The van der Waals surface area contributed by atoms with Crippen LogP contribution in [0.5, 0.6) is 17.2 Å². The SMILES string of the molecule is C=CCc1cc(C=CC(=O)c2ccc(O)cc2)c(OCCC)cc1OCCC. The summed E-state index contributed by atoms with van der Waals surface area (Å²) in [6, 6.07) is 10.1. The second-order valence-corrected chi connectivity index (χ2v) is 6.43. The van der Waals surface area contributed by atoms with Crippen molar-refractivity contribution in [3.63, 3.8) is 0 Å². The number of ether oxygens (including phenoxy) is 2. The summed E-state index contributed by atoms with van der Waals surface area (Å²) in [5, 5.41) is 9.37. The minimum atomic E-state index is -0.141. The lowest BCUT2D eigenvalue weighted by molar-refractivity contribution is 0.104. The number of hydrogen-bond donors (Lipinski definition) is 1. The Hall–Kier alpha value is -3.01. The van der Waals surface area contributed by atoms with E-state index in [0.29, 0.717) is 30.9 Å². The summed E-state index contributed by atoms with van der Waals surface area (Å²) in [4.78, 5) is 12.4. The molecule has 0 atom stereocenters. The van der Waals surface area contributed by atoms with E-state index in [4.69, 9.17) is 9.47 Å². The van der Waals surface area contributed by atoms with Crippen molar-refractivity contribution in [3.8, 4) is 17.2 Å². The molecule has 0 spiro atoms. The Kier molecular flexibility index (Phi) is 8.35. The summed E-state index contributed by atoms with van der Waals surface area (Å²) in [5.74, 6) is 1.47. The molecule has 0 aromatic heterocycles. The molecule has 0 saturated carbocycles. The van der Waals surface area contributed by atoms with Crippen LogP contribution in [0, 0.1) is 0 Å². The molecule has 0 aliphatic rings. The lowest BCUT2D eigenvalue weighted by Crippen LogP contribution is -2.03. The smallest absolute Gasteiger partial charge is 0.185 e. The first kappa shape index (κ1) is 21.3. The molecule has 0 unspecified atom stereocenters. The molecule has 28 heavy (non-hydrogen) atoms. The minimum absolute atomic E-state index is 0.132. The second kappa shape index (κ2) is 11.0. The van der Waals surface area contributed by atoms with Gasteiger partial charge in [-0.2, -0.15) is 0 Å². The highest BCUT2D eigenvalue weighted by Crippen LogP contribution is 2.31. The highest BCUT2D eigenvalue weighted by Gasteiger charge is 2.11. The van der Waals surface area contributed by atoms with Gasteiger partial charge in [0.2, 0.25) is 0 Å². The van der Waals surface area contributed by atoms with Crippen molar-refractivity contribution in [2.24, 2.45) is 0 Å². The number of ketones is 1. The number of phenols is 1. The van der Waals surface area contributed by atoms with Gasteiger partial charge in [0, 0.05) is 17.2 Å². The van der Waals surface area contributed by atoms with Gasteiger partial charge < -0.3 is 14.6 Å². The summed E-state index contributed by atoms with van der Waals surface area (Å²) in [6.07, 6.45) is 7.58. The van der Waals surface area contributed by atoms with Crippen molar-refractivity contribution in [1.29, 1.82) is 0 Å². The maximum absolute atomic E-state index is 12.4. The molecule has 4 nitrogen and oxygen atoms in total. The van der Waals surface area contributed by atoms with E-state index in [2.05, 4.69) is 13.5 Å². The fourth-order valence-corrected chi connectivity index (χ4v) is 2.64. The van der Waals surface area contributed by atoms with E-state index in [1.165, 1.54) is 18.2 Å². The molecule has 0 radical (unpaired) electrons. The Morgan fingerprint density at radius 3 is 2.29 bits per heavy atom. The van der Waals surface area contributed by atoms with Crippen molar-refractivity contribution < 1.29 is 19.4 Å². The molecule has 0 amide bonds. The van der Waals surface area contributed by atoms with Crippen LogP contribution in [0.15, 0.2) is 55.1 Å². The third kappa shape index (κ3) is 6.02. The number of aromatic hydroxyl groups is 1. The Balaban J connectivity index is 2.35. The Morgan fingerprint density at radius 1 is 1.04 bits per heavy atom. The van der Waals surface area contributed by atoms with E-state index < -0.39 is 0 Å². The number of phenolic OH excluding ortho intramolecular Hbond substituents is 1. The number of rotatable bonds is 11. The van der Waals surface area contributed by atoms with Crippen LogP contribution >= 0.6 is 0 Å². The second-order valence-electron chi connectivity index (χ2n) is 6.43. The van der Waals surface area contributed by atoms with E-state index in [0.717, 1.165) is 29.7 Å². The quantitative estimate of drug-likeness (QED) is 0.313. The van der Waals surface area contributed by atoms with Gasteiger partial charge in [-0.05, 0) is 67.3 Å². The first-order valence-corrected chi connectivity index (χ1v) is 9.63. The monoisotopic (exact) mass is 380 g/mol. The summed E-state index contributed by atoms with van der Waals surface area (Å²) in [5.41, 5.74) is 2.34. The highest BCUT2D eigenvalue weighted by atomic mass is 16.5. The zero-order valence-corrected chi connectivity index (χ0v) is 16.6. The number of allylic oxidation sites excluding steroid dienone is 2. The van der Waals surface area contributed by atoms with Crippen molar-refractivity contribution in [2.45, 2.75) is 33.1 Å². The van der Waals surface area contributed by atoms with Crippen LogP contribution in [0.4, 0.5) is 0 Å². The van der Waals surface area contributed by atoms with Crippen LogP contribution in [-0.2, 0) is 6.42 Å². The molecule has 0 fully saturated rings. The van der Waals surface area contributed by atoms with Gasteiger partial charge >= 0.3 is 0 Å². The first-order valence-electron chi connectivity index (χ1n) is 9.63. The molecule has 0 aliphatic heterocycles. The maximum Gasteiger partial charge on any atom is 0.185 e. The van der Waals surface area contributed by atoms with Crippen molar-refractivity contribution in [2.75, 3.05) is 13.2 Å². The van der Waals surface area contributed by atoms with Gasteiger partial charge in [0.15, 0.2) is 5.78 Å². The zero-order valence-electron chi connectivity index (χ0n) is 16.6. The average molecular weight is 380 g/mol. The van der Waals surface area contributed by atoms with E-state index in [1.54, 1.807) is 18.2 Å². The van der Waals surface area contributed by atoms with E-state index in [-0.39, 0.29) is 11.5 Å². The van der Waals surface area contributed by atoms with Gasteiger partial charge in [-0.3, -0.25) is 4.79 Å². The van der Waals surface area contributed by atoms with E-state index in [9.17, 15) is 9.90 Å². The normalized spacial score (nSPS) is 10.8. The van der Waals surface area contributed by atoms with Crippen LogP contribution in [0.1, 0.15) is 48.2 Å².